The maximum Gasteiger partial charge on any atom is 0.224 e. The highest BCUT2D eigenvalue weighted by atomic mass is 16.1. The van der Waals surface area contributed by atoms with E-state index in [0.717, 1.165) is 17.1 Å². The second-order valence-corrected chi connectivity index (χ2v) is 5.97. The predicted octanol–water partition coefficient (Wildman–Crippen LogP) is 4.95. The molecule has 22 heavy (non-hydrogen) atoms. The van der Waals surface area contributed by atoms with Gasteiger partial charge in [-0.05, 0) is 55.2 Å². The second kappa shape index (κ2) is 7.12. The van der Waals surface area contributed by atoms with Crippen molar-refractivity contribution >= 4 is 23.0 Å². The van der Waals surface area contributed by atoms with Gasteiger partial charge < -0.3 is 10.6 Å². The number of amides is 1. The van der Waals surface area contributed by atoms with Crippen molar-refractivity contribution in [3.63, 3.8) is 0 Å². The Bertz CT molecular complexity index is 601. The van der Waals surface area contributed by atoms with Crippen LogP contribution in [0.2, 0.25) is 0 Å². The van der Waals surface area contributed by atoms with Crippen LogP contribution in [0.1, 0.15) is 32.1 Å². The molecule has 2 aromatic carbocycles. The number of para-hydroxylation sites is 1. The van der Waals surface area contributed by atoms with E-state index in [0.29, 0.717) is 12.3 Å². The molecule has 0 saturated heterocycles. The summed E-state index contributed by atoms with van der Waals surface area (Å²) in [5, 5.41) is 6.32. The first kappa shape index (κ1) is 14.6. The van der Waals surface area contributed by atoms with Crippen molar-refractivity contribution in [2.45, 2.75) is 32.1 Å². The summed E-state index contributed by atoms with van der Waals surface area (Å²) in [7, 11) is 0. The summed E-state index contributed by atoms with van der Waals surface area (Å²) in [4.78, 5) is 12.0. The lowest BCUT2D eigenvalue weighted by molar-refractivity contribution is -0.117. The summed E-state index contributed by atoms with van der Waals surface area (Å²) in [6.07, 6.45) is 5.61. The van der Waals surface area contributed by atoms with Crippen LogP contribution >= 0.6 is 0 Å². The lowest BCUT2D eigenvalue weighted by Crippen LogP contribution is -2.15. The van der Waals surface area contributed by atoms with E-state index >= 15 is 0 Å². The van der Waals surface area contributed by atoms with E-state index in [2.05, 4.69) is 10.6 Å². The smallest absolute Gasteiger partial charge is 0.224 e. The van der Waals surface area contributed by atoms with E-state index in [4.69, 9.17) is 0 Å². The zero-order valence-corrected chi connectivity index (χ0v) is 12.7. The maximum absolute atomic E-state index is 12.0. The predicted molar refractivity (Wildman–Crippen MR) is 91.4 cm³/mol. The highest BCUT2D eigenvalue weighted by Gasteiger charge is 2.18. The van der Waals surface area contributed by atoms with Crippen LogP contribution in [0.4, 0.5) is 17.1 Å². The van der Waals surface area contributed by atoms with Crippen molar-refractivity contribution in [1.82, 2.24) is 0 Å². The molecule has 0 spiro atoms. The molecule has 1 saturated carbocycles. The largest absolute Gasteiger partial charge is 0.356 e. The minimum atomic E-state index is 0.135. The molecule has 0 aromatic heterocycles. The fourth-order valence-corrected chi connectivity index (χ4v) is 3.01. The van der Waals surface area contributed by atoms with Crippen molar-refractivity contribution < 1.29 is 4.79 Å². The van der Waals surface area contributed by atoms with Crippen LogP contribution < -0.4 is 10.6 Å². The van der Waals surface area contributed by atoms with E-state index in [1.807, 2.05) is 54.6 Å². The molecule has 2 aromatic rings. The number of rotatable bonds is 5. The third-order valence-corrected chi connectivity index (χ3v) is 4.18. The van der Waals surface area contributed by atoms with Gasteiger partial charge in [0.05, 0.1) is 0 Å². The molecule has 0 heterocycles. The van der Waals surface area contributed by atoms with Crippen molar-refractivity contribution in [1.29, 1.82) is 0 Å². The highest BCUT2D eigenvalue weighted by Crippen LogP contribution is 2.28. The number of carbonyl (C=O) groups excluding carboxylic acids is 1. The molecule has 0 bridgehead atoms. The van der Waals surface area contributed by atoms with Crippen LogP contribution in [0, 0.1) is 5.92 Å². The van der Waals surface area contributed by atoms with Crippen molar-refractivity contribution in [2.75, 3.05) is 10.6 Å². The van der Waals surface area contributed by atoms with Crippen molar-refractivity contribution in [3.8, 4) is 0 Å². The molecule has 1 amide bonds. The Kier molecular flexibility index (Phi) is 4.74. The first-order valence-corrected chi connectivity index (χ1v) is 8.01. The van der Waals surface area contributed by atoms with Gasteiger partial charge in [0.2, 0.25) is 5.91 Å². The molecule has 114 valence electrons. The zero-order valence-electron chi connectivity index (χ0n) is 12.7. The van der Waals surface area contributed by atoms with E-state index in [-0.39, 0.29) is 5.91 Å². The van der Waals surface area contributed by atoms with E-state index in [1.165, 1.54) is 25.7 Å². The highest BCUT2D eigenvalue weighted by molar-refractivity contribution is 5.91. The summed E-state index contributed by atoms with van der Waals surface area (Å²) >= 11 is 0. The number of anilines is 3. The molecule has 3 nitrogen and oxygen atoms in total. The normalized spacial score (nSPS) is 14.7. The van der Waals surface area contributed by atoms with Gasteiger partial charge >= 0.3 is 0 Å². The molecular formula is C19H22N2O. The minimum absolute atomic E-state index is 0.135. The van der Waals surface area contributed by atoms with Gasteiger partial charge in [0.1, 0.15) is 0 Å². The fraction of sp³-hybridized carbons (Fsp3) is 0.316. The summed E-state index contributed by atoms with van der Waals surface area (Å²) in [6, 6.07) is 17.9. The Labute approximate surface area is 131 Å². The molecule has 2 N–H and O–H groups in total. The third kappa shape index (κ3) is 4.10. The molecule has 3 heteroatoms. The van der Waals surface area contributed by atoms with Crippen LogP contribution in [0.15, 0.2) is 54.6 Å². The van der Waals surface area contributed by atoms with Gasteiger partial charge in [-0.3, -0.25) is 4.79 Å². The molecule has 3 rings (SSSR count). The number of hydrogen-bond donors (Lipinski definition) is 2. The average molecular weight is 294 g/mol. The van der Waals surface area contributed by atoms with Crippen LogP contribution in [0.25, 0.3) is 0 Å². The number of nitrogens with one attached hydrogen (secondary N) is 2. The Morgan fingerprint density at radius 3 is 2.14 bits per heavy atom. The Hall–Kier alpha value is -2.29. The van der Waals surface area contributed by atoms with Crippen molar-refractivity contribution in [3.05, 3.63) is 54.6 Å². The second-order valence-electron chi connectivity index (χ2n) is 5.97. The monoisotopic (exact) mass is 294 g/mol. The molecule has 0 radical (unpaired) electrons. The molecule has 0 aliphatic heterocycles. The molecule has 0 atom stereocenters. The van der Waals surface area contributed by atoms with Crippen LogP contribution in [0.3, 0.4) is 0 Å². The third-order valence-electron chi connectivity index (χ3n) is 4.18. The van der Waals surface area contributed by atoms with Gasteiger partial charge in [0.15, 0.2) is 0 Å². The SMILES string of the molecule is O=C(CC1CCCC1)Nc1ccc(Nc2ccccc2)cc1. The van der Waals surface area contributed by atoms with Crippen LogP contribution in [-0.4, -0.2) is 5.91 Å². The molecule has 1 fully saturated rings. The summed E-state index contributed by atoms with van der Waals surface area (Å²) < 4.78 is 0. The quantitative estimate of drug-likeness (QED) is 0.819. The first-order chi connectivity index (χ1) is 10.8. The van der Waals surface area contributed by atoms with Crippen LogP contribution in [0.5, 0.6) is 0 Å². The lowest BCUT2D eigenvalue weighted by atomic mass is 10.0. The molecule has 0 unspecified atom stereocenters. The topological polar surface area (TPSA) is 41.1 Å². The van der Waals surface area contributed by atoms with Gasteiger partial charge in [0.25, 0.3) is 0 Å². The van der Waals surface area contributed by atoms with E-state index in [9.17, 15) is 4.79 Å². The van der Waals surface area contributed by atoms with Gasteiger partial charge in [-0.1, -0.05) is 31.0 Å². The van der Waals surface area contributed by atoms with Crippen LogP contribution in [-0.2, 0) is 4.79 Å². The summed E-state index contributed by atoms with van der Waals surface area (Å²) in [5.41, 5.74) is 2.93. The zero-order chi connectivity index (χ0) is 15.2. The molecule has 1 aliphatic rings. The van der Waals surface area contributed by atoms with Crippen molar-refractivity contribution in [2.24, 2.45) is 5.92 Å². The number of hydrogen-bond acceptors (Lipinski definition) is 2. The summed E-state index contributed by atoms with van der Waals surface area (Å²) in [6.45, 7) is 0. The standard InChI is InChI=1S/C19H22N2O/c22-19(14-15-6-4-5-7-15)21-18-12-10-17(11-13-18)20-16-8-2-1-3-9-16/h1-3,8-13,15,20H,4-7,14H2,(H,21,22). The number of benzene rings is 2. The average Bonchev–Trinajstić information content (AvgIpc) is 3.03. The van der Waals surface area contributed by atoms with E-state index < -0.39 is 0 Å². The Balaban J connectivity index is 1.53. The Morgan fingerprint density at radius 2 is 1.45 bits per heavy atom. The van der Waals surface area contributed by atoms with Gasteiger partial charge in [-0.15, -0.1) is 0 Å². The van der Waals surface area contributed by atoms with Gasteiger partial charge in [0, 0.05) is 23.5 Å². The maximum atomic E-state index is 12.0. The van der Waals surface area contributed by atoms with E-state index in [1.54, 1.807) is 0 Å². The first-order valence-electron chi connectivity index (χ1n) is 8.01. The number of carbonyl (C=O) groups is 1. The lowest BCUT2D eigenvalue weighted by Gasteiger charge is -2.11. The molecular weight excluding hydrogens is 272 g/mol. The minimum Gasteiger partial charge on any atom is -0.356 e. The summed E-state index contributed by atoms with van der Waals surface area (Å²) in [5.74, 6) is 0.717. The molecule has 1 aliphatic carbocycles. The fourth-order valence-electron chi connectivity index (χ4n) is 3.01. The Morgan fingerprint density at radius 1 is 0.864 bits per heavy atom. The van der Waals surface area contributed by atoms with Gasteiger partial charge in [-0.25, -0.2) is 0 Å². The van der Waals surface area contributed by atoms with Gasteiger partial charge in [-0.2, -0.15) is 0 Å².